The van der Waals surface area contributed by atoms with Crippen molar-refractivity contribution in [1.82, 2.24) is 5.32 Å². The molecule has 3 N–H and O–H groups in total. The Hall–Kier alpha value is -2.04. The first-order chi connectivity index (χ1) is 10.1. The van der Waals surface area contributed by atoms with Crippen molar-refractivity contribution in [2.45, 2.75) is 37.8 Å². The average Bonchev–Trinajstić information content (AvgIpc) is 3.07. The Bertz CT molecular complexity index is 546. The lowest BCUT2D eigenvalue weighted by Gasteiger charge is -2.34. The number of carbonyl (C=O) groups excluding carboxylic acids is 2. The monoisotopic (exact) mass is 288 g/mol. The Balaban J connectivity index is 1.62. The summed E-state index contributed by atoms with van der Waals surface area (Å²) in [5.41, 5.74) is 5.57. The second-order valence-electron chi connectivity index (χ2n) is 6.10. The third kappa shape index (κ3) is 2.60. The minimum absolute atomic E-state index is 0.157. The number of alkyl carbamates (subject to hydrolysis) is 1. The number of fused-ring (bicyclic) bond motifs is 2. The van der Waals surface area contributed by atoms with Crippen LogP contribution in [-0.4, -0.2) is 17.5 Å². The van der Waals surface area contributed by atoms with Crippen LogP contribution < -0.4 is 11.1 Å². The topological polar surface area (TPSA) is 81.4 Å². The molecule has 2 aliphatic carbocycles. The van der Waals surface area contributed by atoms with Gasteiger partial charge in [-0.05, 0) is 43.1 Å². The van der Waals surface area contributed by atoms with Crippen LogP contribution in [0.15, 0.2) is 30.3 Å². The molecule has 0 aromatic heterocycles. The predicted molar refractivity (Wildman–Crippen MR) is 77.1 cm³/mol. The van der Waals surface area contributed by atoms with E-state index in [1.807, 2.05) is 30.3 Å². The van der Waals surface area contributed by atoms with Crippen LogP contribution >= 0.6 is 0 Å². The molecule has 1 aromatic carbocycles. The molecule has 2 aliphatic rings. The molecule has 21 heavy (non-hydrogen) atoms. The van der Waals surface area contributed by atoms with E-state index in [2.05, 4.69) is 5.32 Å². The first kappa shape index (κ1) is 13.9. The third-order valence-electron chi connectivity index (χ3n) is 4.83. The first-order valence-electron chi connectivity index (χ1n) is 7.39. The highest BCUT2D eigenvalue weighted by Crippen LogP contribution is 2.50. The summed E-state index contributed by atoms with van der Waals surface area (Å²) in [6.45, 7) is 0.190. The van der Waals surface area contributed by atoms with Crippen LogP contribution in [0.1, 0.15) is 31.2 Å². The lowest BCUT2D eigenvalue weighted by molar-refractivity contribution is -0.126. The van der Waals surface area contributed by atoms with Gasteiger partial charge in [0.05, 0.1) is 0 Å². The quantitative estimate of drug-likeness (QED) is 0.888. The molecule has 3 rings (SSSR count). The number of hydrogen-bond donors (Lipinski definition) is 2. The van der Waals surface area contributed by atoms with Crippen molar-refractivity contribution >= 4 is 12.0 Å². The highest BCUT2D eigenvalue weighted by atomic mass is 16.5. The largest absolute Gasteiger partial charge is 0.445 e. The van der Waals surface area contributed by atoms with Gasteiger partial charge in [-0.25, -0.2) is 4.79 Å². The van der Waals surface area contributed by atoms with E-state index in [9.17, 15) is 9.59 Å². The molecule has 0 saturated heterocycles. The first-order valence-corrected chi connectivity index (χ1v) is 7.39. The fraction of sp³-hybridized carbons (Fsp3) is 0.500. The highest BCUT2D eigenvalue weighted by molar-refractivity contribution is 5.89. The van der Waals surface area contributed by atoms with Gasteiger partial charge in [0.25, 0.3) is 0 Å². The fourth-order valence-electron chi connectivity index (χ4n) is 3.79. The predicted octanol–water partition coefficient (Wildman–Crippen LogP) is 1.96. The number of primary amides is 1. The molecule has 5 nitrogen and oxygen atoms in total. The van der Waals surface area contributed by atoms with Crippen molar-refractivity contribution in [3.8, 4) is 0 Å². The number of carbonyl (C=O) groups is 2. The van der Waals surface area contributed by atoms with Crippen LogP contribution in [0, 0.1) is 11.8 Å². The summed E-state index contributed by atoms with van der Waals surface area (Å²) in [5, 5.41) is 2.76. The van der Waals surface area contributed by atoms with Crippen molar-refractivity contribution in [2.24, 2.45) is 17.6 Å². The molecular weight excluding hydrogens is 268 g/mol. The molecule has 1 aromatic rings. The highest BCUT2D eigenvalue weighted by Gasteiger charge is 2.55. The SMILES string of the molecule is NC(=O)C1(NC(=O)OCc2ccccc2)CC2CCC1C2. The Morgan fingerprint density at radius 2 is 2.05 bits per heavy atom. The molecule has 0 aliphatic heterocycles. The number of nitrogens with one attached hydrogen (secondary N) is 1. The van der Waals surface area contributed by atoms with Gasteiger partial charge in [-0.1, -0.05) is 30.3 Å². The maximum atomic E-state index is 12.0. The fourth-order valence-corrected chi connectivity index (χ4v) is 3.79. The van der Waals surface area contributed by atoms with Gasteiger partial charge in [-0.15, -0.1) is 0 Å². The van der Waals surface area contributed by atoms with Gasteiger partial charge in [0, 0.05) is 0 Å². The molecule has 2 bridgehead atoms. The summed E-state index contributed by atoms with van der Waals surface area (Å²) < 4.78 is 5.22. The van der Waals surface area contributed by atoms with Crippen LogP contribution in [0.4, 0.5) is 4.79 Å². The van der Waals surface area contributed by atoms with Crippen LogP contribution in [0.5, 0.6) is 0 Å². The van der Waals surface area contributed by atoms with Gasteiger partial charge >= 0.3 is 6.09 Å². The summed E-state index contributed by atoms with van der Waals surface area (Å²) in [5.74, 6) is 0.215. The zero-order chi connectivity index (χ0) is 14.9. The van der Waals surface area contributed by atoms with Crippen LogP contribution in [0.25, 0.3) is 0 Å². The van der Waals surface area contributed by atoms with Gasteiger partial charge in [0.2, 0.25) is 5.91 Å². The summed E-state index contributed by atoms with van der Waals surface area (Å²) in [4.78, 5) is 23.9. The van der Waals surface area contributed by atoms with Crippen molar-refractivity contribution in [3.63, 3.8) is 0 Å². The van der Waals surface area contributed by atoms with Crippen molar-refractivity contribution in [3.05, 3.63) is 35.9 Å². The smallest absolute Gasteiger partial charge is 0.408 e. The average molecular weight is 288 g/mol. The van der Waals surface area contributed by atoms with Crippen molar-refractivity contribution < 1.29 is 14.3 Å². The maximum absolute atomic E-state index is 12.0. The zero-order valence-electron chi connectivity index (χ0n) is 11.9. The minimum atomic E-state index is -0.906. The summed E-state index contributed by atoms with van der Waals surface area (Å²) in [7, 11) is 0. The second kappa shape index (κ2) is 5.39. The van der Waals surface area contributed by atoms with Crippen molar-refractivity contribution in [2.75, 3.05) is 0 Å². The van der Waals surface area contributed by atoms with E-state index in [0.29, 0.717) is 12.3 Å². The molecular formula is C16H20N2O3. The summed E-state index contributed by atoms with van der Waals surface area (Å²) in [6.07, 6.45) is 3.13. The maximum Gasteiger partial charge on any atom is 0.408 e. The van der Waals surface area contributed by atoms with Gasteiger partial charge in [0.15, 0.2) is 0 Å². The van der Waals surface area contributed by atoms with Gasteiger partial charge in [-0.3, -0.25) is 4.79 Å². The number of rotatable bonds is 4. The molecule has 2 saturated carbocycles. The Morgan fingerprint density at radius 3 is 2.62 bits per heavy atom. The molecule has 0 spiro atoms. The Morgan fingerprint density at radius 1 is 1.29 bits per heavy atom. The van der Waals surface area contributed by atoms with E-state index in [-0.39, 0.29) is 12.5 Å². The van der Waals surface area contributed by atoms with Crippen molar-refractivity contribution in [1.29, 1.82) is 0 Å². The van der Waals surface area contributed by atoms with Crippen LogP contribution in [-0.2, 0) is 16.1 Å². The van der Waals surface area contributed by atoms with E-state index >= 15 is 0 Å². The molecule has 0 radical (unpaired) electrons. The van der Waals surface area contributed by atoms with Crippen LogP contribution in [0.3, 0.4) is 0 Å². The van der Waals surface area contributed by atoms with E-state index in [1.165, 1.54) is 0 Å². The lowest BCUT2D eigenvalue weighted by Crippen LogP contribution is -2.60. The molecule has 112 valence electrons. The molecule has 3 atom stereocenters. The summed E-state index contributed by atoms with van der Waals surface area (Å²) >= 11 is 0. The Labute approximate surface area is 123 Å². The summed E-state index contributed by atoms with van der Waals surface area (Å²) in [6, 6.07) is 9.44. The standard InChI is InChI=1S/C16H20N2O3/c17-14(19)16(9-12-6-7-13(16)8-12)18-15(20)21-10-11-4-2-1-3-5-11/h1-5,12-13H,6-10H2,(H2,17,19)(H,18,20). The van der Waals surface area contributed by atoms with E-state index in [4.69, 9.17) is 10.5 Å². The molecule has 2 fully saturated rings. The number of amides is 2. The number of hydrogen-bond acceptors (Lipinski definition) is 3. The molecule has 5 heteroatoms. The minimum Gasteiger partial charge on any atom is -0.445 e. The second-order valence-corrected chi connectivity index (χ2v) is 6.10. The van der Waals surface area contributed by atoms with E-state index in [0.717, 1.165) is 24.8 Å². The third-order valence-corrected chi connectivity index (χ3v) is 4.83. The zero-order valence-corrected chi connectivity index (χ0v) is 11.9. The lowest BCUT2D eigenvalue weighted by atomic mass is 9.80. The molecule has 3 unspecified atom stereocenters. The van der Waals surface area contributed by atoms with Crippen LogP contribution in [0.2, 0.25) is 0 Å². The number of benzene rings is 1. The van der Waals surface area contributed by atoms with Gasteiger partial charge < -0.3 is 15.8 Å². The van der Waals surface area contributed by atoms with E-state index in [1.54, 1.807) is 0 Å². The molecule has 0 heterocycles. The number of nitrogens with two attached hydrogens (primary N) is 1. The van der Waals surface area contributed by atoms with E-state index < -0.39 is 17.5 Å². The Kier molecular flexibility index (Phi) is 3.57. The molecule has 2 amide bonds. The normalized spacial score (nSPS) is 30.1. The van der Waals surface area contributed by atoms with Gasteiger partial charge in [-0.2, -0.15) is 0 Å². The van der Waals surface area contributed by atoms with Gasteiger partial charge in [0.1, 0.15) is 12.1 Å². The number of ether oxygens (including phenoxy) is 1.